The number of nitrogens with zero attached hydrogens (tertiary/aromatic N) is 2. The van der Waals surface area contributed by atoms with Crippen molar-refractivity contribution in [3.63, 3.8) is 0 Å². The van der Waals surface area contributed by atoms with Crippen LogP contribution in [-0.4, -0.2) is 56.6 Å². The van der Waals surface area contributed by atoms with Gasteiger partial charge in [0, 0.05) is 39.3 Å². The topological polar surface area (TPSA) is 32.8 Å². The van der Waals surface area contributed by atoms with Crippen LogP contribution in [0.5, 0.6) is 0 Å². The van der Waals surface area contributed by atoms with Crippen molar-refractivity contribution in [2.45, 2.75) is 6.54 Å². The highest BCUT2D eigenvalue weighted by atomic mass is 35.5. The van der Waals surface area contributed by atoms with Gasteiger partial charge in [0.15, 0.2) is 0 Å². The molecule has 0 atom stereocenters. The number of benzene rings is 1. The Morgan fingerprint density at radius 2 is 2.10 bits per heavy atom. The maximum atomic E-state index is 13.0. The van der Waals surface area contributed by atoms with E-state index in [4.69, 9.17) is 16.3 Å². The van der Waals surface area contributed by atoms with Crippen molar-refractivity contribution < 1.29 is 13.9 Å². The summed E-state index contributed by atoms with van der Waals surface area (Å²) in [5, 5.41) is 0.365. The van der Waals surface area contributed by atoms with Crippen LogP contribution in [-0.2, 0) is 16.1 Å². The second kappa shape index (κ2) is 8.19. The summed E-state index contributed by atoms with van der Waals surface area (Å²) in [4.78, 5) is 15.3. The second-order valence-electron chi connectivity index (χ2n) is 4.73. The van der Waals surface area contributed by atoms with Gasteiger partial charge in [-0.15, -0.1) is 0 Å². The van der Waals surface area contributed by atoms with Crippen LogP contribution >= 0.6 is 11.6 Å². The molecule has 0 heterocycles. The Hall–Kier alpha value is -1.17. The van der Waals surface area contributed by atoms with Crippen molar-refractivity contribution in [1.29, 1.82) is 0 Å². The summed E-state index contributed by atoms with van der Waals surface area (Å²) in [6.45, 7) is 1.86. The fraction of sp³-hybridized carbons (Fsp3) is 0.500. The van der Waals surface area contributed by atoms with Gasteiger partial charge in [-0.25, -0.2) is 4.39 Å². The molecule has 0 aromatic heterocycles. The zero-order valence-electron chi connectivity index (χ0n) is 12.0. The lowest BCUT2D eigenvalue weighted by molar-refractivity contribution is -0.130. The summed E-state index contributed by atoms with van der Waals surface area (Å²) in [7, 11) is 5.03. The Morgan fingerprint density at radius 3 is 2.65 bits per heavy atom. The third kappa shape index (κ3) is 5.45. The number of ether oxygens (including phenoxy) is 1. The summed E-state index contributed by atoms with van der Waals surface area (Å²) in [5.74, 6) is -0.370. The first kappa shape index (κ1) is 16.9. The maximum absolute atomic E-state index is 13.0. The van der Waals surface area contributed by atoms with Gasteiger partial charge >= 0.3 is 0 Å². The number of carbonyl (C=O) groups is 1. The average Bonchev–Trinajstić information content (AvgIpc) is 2.38. The summed E-state index contributed by atoms with van der Waals surface area (Å²) in [5.41, 5.74) is 0.788. The van der Waals surface area contributed by atoms with E-state index in [2.05, 4.69) is 0 Å². The molecular weight excluding hydrogens is 283 g/mol. The number of halogens is 2. The van der Waals surface area contributed by atoms with Crippen molar-refractivity contribution in [2.75, 3.05) is 40.9 Å². The van der Waals surface area contributed by atoms with Crippen LogP contribution in [0.15, 0.2) is 18.2 Å². The molecule has 0 fully saturated rings. The van der Waals surface area contributed by atoms with Gasteiger partial charge in [0.2, 0.25) is 5.91 Å². The monoisotopic (exact) mass is 302 g/mol. The third-order valence-corrected chi connectivity index (χ3v) is 3.23. The summed E-state index contributed by atoms with van der Waals surface area (Å²) in [6, 6.07) is 4.28. The predicted molar refractivity (Wildman–Crippen MR) is 77.3 cm³/mol. The lowest BCUT2D eigenvalue weighted by atomic mass is 10.2. The highest BCUT2D eigenvalue weighted by molar-refractivity contribution is 6.31. The van der Waals surface area contributed by atoms with E-state index in [1.54, 1.807) is 27.3 Å². The molecule has 112 valence electrons. The van der Waals surface area contributed by atoms with E-state index < -0.39 is 0 Å². The number of methoxy groups -OCH3 is 1. The van der Waals surface area contributed by atoms with E-state index in [1.807, 2.05) is 4.90 Å². The molecule has 1 amide bonds. The minimum absolute atomic E-state index is 0.000614. The number of carbonyl (C=O) groups excluding carboxylic acids is 1. The summed E-state index contributed by atoms with van der Waals surface area (Å²) in [6.07, 6.45) is 0. The maximum Gasteiger partial charge on any atom is 0.236 e. The fourth-order valence-corrected chi connectivity index (χ4v) is 1.88. The minimum Gasteiger partial charge on any atom is -0.383 e. The number of hydrogen-bond acceptors (Lipinski definition) is 3. The average molecular weight is 303 g/mol. The highest BCUT2D eigenvalue weighted by Crippen LogP contribution is 2.19. The lowest BCUT2D eigenvalue weighted by Gasteiger charge is -2.23. The van der Waals surface area contributed by atoms with Gasteiger partial charge in [-0.05, 0) is 17.7 Å². The highest BCUT2D eigenvalue weighted by Gasteiger charge is 2.14. The van der Waals surface area contributed by atoms with Gasteiger partial charge in [-0.3, -0.25) is 9.69 Å². The Kier molecular flexibility index (Phi) is 6.91. The fourth-order valence-electron chi connectivity index (χ4n) is 1.66. The molecule has 0 spiro atoms. The van der Waals surface area contributed by atoms with Crippen LogP contribution < -0.4 is 0 Å². The molecule has 0 unspecified atom stereocenters. The SMILES string of the molecule is COCCN(CC(=O)N(C)C)Cc1ccc(F)cc1Cl. The number of likely N-dealkylation sites (N-methyl/N-ethyl adjacent to an activating group) is 1. The van der Waals surface area contributed by atoms with Gasteiger partial charge in [0.1, 0.15) is 5.82 Å². The molecule has 0 aliphatic rings. The van der Waals surface area contributed by atoms with Gasteiger partial charge in [-0.1, -0.05) is 17.7 Å². The van der Waals surface area contributed by atoms with Crippen LogP contribution in [0, 0.1) is 5.82 Å². The smallest absolute Gasteiger partial charge is 0.236 e. The molecule has 0 bridgehead atoms. The van der Waals surface area contributed by atoms with E-state index in [0.717, 1.165) is 5.56 Å². The molecule has 0 aliphatic heterocycles. The van der Waals surface area contributed by atoms with Gasteiger partial charge in [-0.2, -0.15) is 0 Å². The van der Waals surface area contributed by atoms with Crippen LogP contribution in [0.3, 0.4) is 0 Å². The first-order chi connectivity index (χ1) is 9.43. The molecule has 1 rings (SSSR count). The number of amides is 1. The Bertz CT molecular complexity index is 455. The molecule has 0 aliphatic carbocycles. The standard InChI is InChI=1S/C14H20ClFN2O2/c1-17(2)14(19)10-18(6-7-20-3)9-11-4-5-12(16)8-13(11)15/h4-5,8H,6-7,9-10H2,1-3H3. The van der Waals surface area contributed by atoms with Gasteiger partial charge in [0.25, 0.3) is 0 Å². The quantitative estimate of drug-likeness (QED) is 0.772. The Labute approximate surface area is 124 Å². The third-order valence-electron chi connectivity index (χ3n) is 2.88. The zero-order chi connectivity index (χ0) is 15.1. The van der Waals surface area contributed by atoms with Crippen LogP contribution in [0.25, 0.3) is 0 Å². The van der Waals surface area contributed by atoms with Crippen molar-refractivity contribution in [3.8, 4) is 0 Å². The zero-order valence-corrected chi connectivity index (χ0v) is 12.8. The minimum atomic E-state index is -0.369. The molecule has 0 saturated carbocycles. The normalized spacial score (nSPS) is 10.9. The number of rotatable bonds is 7. The van der Waals surface area contributed by atoms with Crippen molar-refractivity contribution >= 4 is 17.5 Å². The van der Waals surface area contributed by atoms with Crippen LogP contribution in [0.2, 0.25) is 5.02 Å². The van der Waals surface area contributed by atoms with Gasteiger partial charge < -0.3 is 9.64 Å². The summed E-state index contributed by atoms with van der Waals surface area (Å²) < 4.78 is 18.1. The van der Waals surface area contributed by atoms with Crippen LogP contribution in [0.1, 0.15) is 5.56 Å². The van der Waals surface area contributed by atoms with Crippen molar-refractivity contribution in [3.05, 3.63) is 34.6 Å². The Balaban J connectivity index is 2.75. The summed E-state index contributed by atoms with van der Waals surface area (Å²) >= 11 is 6.01. The molecule has 6 heteroatoms. The molecule has 0 N–H and O–H groups in total. The van der Waals surface area contributed by atoms with Crippen molar-refractivity contribution in [2.24, 2.45) is 0 Å². The van der Waals surface area contributed by atoms with Crippen LogP contribution in [0.4, 0.5) is 4.39 Å². The molecule has 4 nitrogen and oxygen atoms in total. The Morgan fingerprint density at radius 1 is 1.40 bits per heavy atom. The van der Waals surface area contributed by atoms with Gasteiger partial charge in [0.05, 0.1) is 13.2 Å². The van der Waals surface area contributed by atoms with E-state index in [1.165, 1.54) is 17.0 Å². The predicted octanol–water partition coefficient (Wildman–Crippen LogP) is 2.02. The van der Waals surface area contributed by atoms with E-state index in [-0.39, 0.29) is 18.3 Å². The molecular formula is C14H20ClFN2O2. The molecule has 0 saturated heterocycles. The van der Waals surface area contributed by atoms with E-state index in [0.29, 0.717) is 24.7 Å². The lowest BCUT2D eigenvalue weighted by Crippen LogP contribution is -2.38. The molecule has 1 aromatic rings. The van der Waals surface area contributed by atoms with E-state index >= 15 is 0 Å². The second-order valence-corrected chi connectivity index (χ2v) is 5.13. The largest absolute Gasteiger partial charge is 0.383 e. The molecule has 0 radical (unpaired) electrons. The first-order valence-electron chi connectivity index (χ1n) is 6.29. The van der Waals surface area contributed by atoms with E-state index in [9.17, 15) is 9.18 Å². The molecule has 1 aromatic carbocycles. The molecule has 20 heavy (non-hydrogen) atoms. The number of hydrogen-bond donors (Lipinski definition) is 0. The first-order valence-corrected chi connectivity index (χ1v) is 6.67. The van der Waals surface area contributed by atoms with Crippen molar-refractivity contribution in [1.82, 2.24) is 9.80 Å².